The average molecular weight is 353 g/mol. The first kappa shape index (κ1) is 17.2. The van der Waals surface area contributed by atoms with Gasteiger partial charge in [-0.3, -0.25) is 4.79 Å². The number of hydrogen-bond donors (Lipinski definition) is 1. The van der Waals surface area contributed by atoms with Crippen molar-refractivity contribution in [3.8, 4) is 0 Å². The summed E-state index contributed by atoms with van der Waals surface area (Å²) in [6, 6.07) is 9.86. The minimum absolute atomic E-state index is 0.227. The lowest BCUT2D eigenvalue weighted by Gasteiger charge is -2.14. The number of ether oxygens (including phenoxy) is 1. The molecule has 23 heavy (non-hydrogen) atoms. The molecule has 2 aromatic rings. The van der Waals surface area contributed by atoms with Crippen LogP contribution in [0.15, 0.2) is 42.6 Å². The molecule has 5 nitrogen and oxygen atoms in total. The predicted octanol–water partition coefficient (Wildman–Crippen LogP) is 3.42. The minimum Gasteiger partial charge on any atom is -0.452 e. The van der Waals surface area contributed by atoms with Gasteiger partial charge in [-0.2, -0.15) is 0 Å². The molecule has 0 saturated carbocycles. The summed E-state index contributed by atoms with van der Waals surface area (Å²) in [7, 11) is 0. The van der Waals surface area contributed by atoms with E-state index < -0.39 is 11.9 Å². The Labute approximate surface area is 143 Å². The highest BCUT2D eigenvalue weighted by Crippen LogP contribution is 2.17. The van der Waals surface area contributed by atoms with Gasteiger partial charge in [-0.15, -0.1) is 0 Å². The van der Waals surface area contributed by atoms with Crippen molar-refractivity contribution in [2.24, 2.45) is 0 Å². The lowest BCUT2D eigenvalue weighted by molar-refractivity contribution is -0.124. The fourth-order valence-corrected chi connectivity index (χ4v) is 2.16. The van der Waals surface area contributed by atoms with Gasteiger partial charge in [-0.05, 0) is 36.8 Å². The molecule has 0 bridgehead atoms. The molecular weight excluding hydrogens is 339 g/mol. The maximum atomic E-state index is 11.8. The van der Waals surface area contributed by atoms with Crippen molar-refractivity contribution < 1.29 is 14.3 Å². The highest BCUT2D eigenvalue weighted by Gasteiger charge is 2.13. The zero-order chi connectivity index (χ0) is 16.8. The number of nitrogens with zero attached hydrogens (tertiary/aromatic N) is 1. The number of amides is 1. The fourth-order valence-electron chi connectivity index (χ4n) is 1.85. The summed E-state index contributed by atoms with van der Waals surface area (Å²) in [6.07, 6.45) is 1.29. The first-order chi connectivity index (χ1) is 11.0. The van der Waals surface area contributed by atoms with Crippen LogP contribution in [0.1, 0.15) is 28.9 Å². The van der Waals surface area contributed by atoms with Gasteiger partial charge in [-0.25, -0.2) is 9.78 Å². The summed E-state index contributed by atoms with van der Waals surface area (Å²) in [5, 5.41) is 3.59. The van der Waals surface area contributed by atoms with E-state index in [0.717, 1.165) is 5.56 Å². The molecule has 0 saturated heterocycles. The molecule has 1 aromatic carbocycles. The first-order valence-electron chi connectivity index (χ1n) is 6.79. The molecular formula is C16H14Cl2N2O3. The highest BCUT2D eigenvalue weighted by atomic mass is 35.5. The zero-order valence-corrected chi connectivity index (χ0v) is 13.8. The van der Waals surface area contributed by atoms with Crippen molar-refractivity contribution in [2.75, 3.05) is 6.61 Å². The SMILES string of the molecule is C[C@H](NC(=O)COC(=O)c1ccc(Cl)nc1)c1cccc(Cl)c1. The van der Waals surface area contributed by atoms with Crippen LogP contribution >= 0.6 is 23.2 Å². The van der Waals surface area contributed by atoms with Crippen LogP contribution in [0.4, 0.5) is 0 Å². The van der Waals surface area contributed by atoms with Crippen molar-refractivity contribution in [2.45, 2.75) is 13.0 Å². The maximum Gasteiger partial charge on any atom is 0.340 e. The molecule has 0 unspecified atom stereocenters. The van der Waals surface area contributed by atoms with Crippen molar-refractivity contribution in [1.82, 2.24) is 10.3 Å². The third-order valence-corrected chi connectivity index (χ3v) is 3.48. The average Bonchev–Trinajstić information content (AvgIpc) is 2.53. The molecule has 2 rings (SSSR count). The molecule has 0 spiro atoms. The summed E-state index contributed by atoms with van der Waals surface area (Å²) in [6.45, 7) is 1.43. The van der Waals surface area contributed by atoms with Crippen LogP contribution in [0.25, 0.3) is 0 Å². The van der Waals surface area contributed by atoms with Gasteiger partial charge in [0, 0.05) is 11.2 Å². The van der Waals surface area contributed by atoms with Gasteiger partial charge in [-0.1, -0.05) is 35.3 Å². The maximum absolute atomic E-state index is 11.8. The second-order valence-electron chi connectivity index (χ2n) is 4.79. The monoisotopic (exact) mass is 352 g/mol. The molecule has 1 aromatic heterocycles. The second kappa shape index (κ2) is 7.94. The Balaban J connectivity index is 1.85. The lowest BCUT2D eigenvalue weighted by Crippen LogP contribution is -2.31. The predicted molar refractivity (Wildman–Crippen MR) is 87.5 cm³/mol. The Morgan fingerprint density at radius 1 is 1.26 bits per heavy atom. The molecule has 0 aliphatic rings. The van der Waals surface area contributed by atoms with Crippen LogP contribution in [0.2, 0.25) is 10.2 Å². The molecule has 0 aliphatic heterocycles. The van der Waals surface area contributed by atoms with Gasteiger partial charge in [0.25, 0.3) is 5.91 Å². The van der Waals surface area contributed by atoms with Crippen LogP contribution in [0, 0.1) is 0 Å². The van der Waals surface area contributed by atoms with Gasteiger partial charge in [0.2, 0.25) is 0 Å². The number of benzene rings is 1. The van der Waals surface area contributed by atoms with Gasteiger partial charge >= 0.3 is 5.97 Å². The Kier molecular flexibility index (Phi) is 5.96. The van der Waals surface area contributed by atoms with E-state index in [2.05, 4.69) is 10.3 Å². The smallest absolute Gasteiger partial charge is 0.340 e. The van der Waals surface area contributed by atoms with Crippen LogP contribution in [0.3, 0.4) is 0 Å². The van der Waals surface area contributed by atoms with Crippen LogP contribution in [-0.2, 0) is 9.53 Å². The molecule has 1 amide bonds. The lowest BCUT2D eigenvalue weighted by atomic mass is 10.1. The second-order valence-corrected chi connectivity index (χ2v) is 5.61. The van der Waals surface area contributed by atoms with E-state index >= 15 is 0 Å². The molecule has 0 fully saturated rings. The van der Waals surface area contributed by atoms with Crippen molar-refractivity contribution in [3.63, 3.8) is 0 Å². The van der Waals surface area contributed by atoms with Crippen molar-refractivity contribution >= 4 is 35.1 Å². The van der Waals surface area contributed by atoms with E-state index in [1.165, 1.54) is 18.3 Å². The zero-order valence-electron chi connectivity index (χ0n) is 12.3. The number of rotatable bonds is 5. The Morgan fingerprint density at radius 2 is 2.04 bits per heavy atom. The van der Waals surface area contributed by atoms with Gasteiger partial charge < -0.3 is 10.1 Å². The summed E-state index contributed by atoms with van der Waals surface area (Å²) in [5.74, 6) is -1.05. The molecule has 120 valence electrons. The van der Waals surface area contributed by atoms with Gasteiger partial charge in [0.05, 0.1) is 11.6 Å². The van der Waals surface area contributed by atoms with Crippen LogP contribution < -0.4 is 5.32 Å². The number of carbonyl (C=O) groups is 2. The number of hydrogen-bond acceptors (Lipinski definition) is 4. The van der Waals surface area contributed by atoms with Crippen LogP contribution in [0.5, 0.6) is 0 Å². The Morgan fingerprint density at radius 3 is 2.70 bits per heavy atom. The highest BCUT2D eigenvalue weighted by molar-refractivity contribution is 6.30. The first-order valence-corrected chi connectivity index (χ1v) is 7.55. The third kappa shape index (κ3) is 5.23. The number of esters is 1. The molecule has 0 aliphatic carbocycles. The van der Waals surface area contributed by atoms with Gasteiger partial charge in [0.15, 0.2) is 6.61 Å². The summed E-state index contributed by atoms with van der Waals surface area (Å²) in [4.78, 5) is 27.4. The molecule has 1 atom stereocenters. The molecule has 0 radical (unpaired) electrons. The van der Waals surface area contributed by atoms with Crippen LogP contribution in [-0.4, -0.2) is 23.5 Å². The van der Waals surface area contributed by atoms with E-state index in [9.17, 15) is 9.59 Å². The Hall–Kier alpha value is -2.11. The summed E-state index contributed by atoms with van der Waals surface area (Å²) in [5.41, 5.74) is 1.09. The molecule has 1 N–H and O–H groups in total. The van der Waals surface area contributed by atoms with Gasteiger partial charge in [0.1, 0.15) is 5.15 Å². The standard InChI is InChI=1S/C16H14Cl2N2O3/c1-10(11-3-2-4-13(17)7-11)20-15(21)9-23-16(22)12-5-6-14(18)19-8-12/h2-8,10H,9H2,1H3,(H,20,21)/t10-/m0/s1. The third-order valence-electron chi connectivity index (χ3n) is 3.02. The quantitative estimate of drug-likeness (QED) is 0.661. The topological polar surface area (TPSA) is 68.3 Å². The summed E-state index contributed by atoms with van der Waals surface area (Å²) >= 11 is 11.5. The molecule has 7 heteroatoms. The summed E-state index contributed by atoms with van der Waals surface area (Å²) < 4.78 is 4.93. The van der Waals surface area contributed by atoms with E-state index in [0.29, 0.717) is 5.02 Å². The van der Waals surface area contributed by atoms with E-state index in [1.54, 1.807) is 18.2 Å². The number of carbonyl (C=O) groups excluding carboxylic acids is 2. The number of aromatic nitrogens is 1. The largest absolute Gasteiger partial charge is 0.452 e. The number of halogens is 2. The van der Waals surface area contributed by atoms with Crippen molar-refractivity contribution in [1.29, 1.82) is 0 Å². The number of nitrogens with one attached hydrogen (secondary N) is 1. The normalized spacial score (nSPS) is 11.6. The van der Waals surface area contributed by atoms with Crippen molar-refractivity contribution in [3.05, 3.63) is 63.9 Å². The fraction of sp³-hybridized carbons (Fsp3) is 0.188. The number of pyridine rings is 1. The molecule has 1 heterocycles. The Bertz CT molecular complexity index is 705. The minimum atomic E-state index is -0.639. The van der Waals surface area contributed by atoms with E-state index in [4.69, 9.17) is 27.9 Å². The van der Waals surface area contributed by atoms with E-state index in [-0.39, 0.29) is 23.4 Å². The van der Waals surface area contributed by atoms with E-state index in [1.807, 2.05) is 13.0 Å².